The summed E-state index contributed by atoms with van der Waals surface area (Å²) in [5, 5.41) is 5.42. The van der Waals surface area contributed by atoms with Crippen molar-refractivity contribution in [2.75, 3.05) is 0 Å². The largest absolute Gasteiger partial charge is 0.301 e. The SMILES string of the molecule is O=c1cc(CNC(c2ccccc2)c2ccccc2)nc2sccn12. The highest BCUT2D eigenvalue weighted by Crippen LogP contribution is 2.22. The molecule has 0 saturated heterocycles. The van der Waals surface area contributed by atoms with Gasteiger partial charge in [-0.3, -0.25) is 9.20 Å². The third-order valence-electron chi connectivity index (χ3n) is 4.11. The number of nitrogens with zero attached hydrogens (tertiary/aromatic N) is 2. The van der Waals surface area contributed by atoms with Crippen molar-refractivity contribution < 1.29 is 0 Å². The van der Waals surface area contributed by atoms with Crippen LogP contribution in [-0.4, -0.2) is 9.38 Å². The van der Waals surface area contributed by atoms with Crippen LogP contribution in [-0.2, 0) is 6.54 Å². The van der Waals surface area contributed by atoms with Crippen molar-refractivity contribution in [3.05, 3.63) is 105 Å². The first-order valence-electron chi connectivity index (χ1n) is 8.10. The molecule has 4 aromatic rings. The number of hydrogen-bond donors (Lipinski definition) is 1. The molecule has 25 heavy (non-hydrogen) atoms. The van der Waals surface area contributed by atoms with Crippen molar-refractivity contribution in [2.24, 2.45) is 0 Å². The quantitative estimate of drug-likeness (QED) is 0.600. The fraction of sp³-hybridized carbons (Fsp3) is 0.100. The summed E-state index contributed by atoms with van der Waals surface area (Å²) in [6.07, 6.45) is 1.75. The molecule has 0 atom stereocenters. The predicted molar refractivity (Wildman–Crippen MR) is 101 cm³/mol. The molecule has 0 aliphatic rings. The topological polar surface area (TPSA) is 46.4 Å². The van der Waals surface area contributed by atoms with Crippen molar-refractivity contribution in [2.45, 2.75) is 12.6 Å². The Morgan fingerprint density at radius 3 is 2.28 bits per heavy atom. The van der Waals surface area contributed by atoms with E-state index < -0.39 is 0 Å². The van der Waals surface area contributed by atoms with Gasteiger partial charge < -0.3 is 5.32 Å². The molecule has 1 N–H and O–H groups in total. The van der Waals surface area contributed by atoms with Crippen molar-refractivity contribution in [1.82, 2.24) is 14.7 Å². The highest BCUT2D eigenvalue weighted by molar-refractivity contribution is 7.15. The van der Waals surface area contributed by atoms with Gasteiger partial charge in [0.15, 0.2) is 4.96 Å². The maximum Gasteiger partial charge on any atom is 0.258 e. The molecule has 0 spiro atoms. The third-order valence-corrected chi connectivity index (χ3v) is 4.87. The van der Waals surface area contributed by atoms with Gasteiger partial charge in [0.05, 0.1) is 11.7 Å². The van der Waals surface area contributed by atoms with E-state index in [2.05, 4.69) is 34.6 Å². The summed E-state index contributed by atoms with van der Waals surface area (Å²) >= 11 is 1.47. The fourth-order valence-electron chi connectivity index (χ4n) is 2.90. The second-order valence-corrected chi connectivity index (χ2v) is 6.65. The molecule has 0 radical (unpaired) electrons. The number of rotatable bonds is 5. The van der Waals surface area contributed by atoms with Crippen LogP contribution in [0.25, 0.3) is 4.96 Å². The Morgan fingerprint density at radius 2 is 1.64 bits per heavy atom. The van der Waals surface area contributed by atoms with Crippen LogP contribution < -0.4 is 10.9 Å². The Balaban J connectivity index is 1.63. The van der Waals surface area contributed by atoms with Gasteiger partial charge in [-0.2, -0.15) is 0 Å². The lowest BCUT2D eigenvalue weighted by Gasteiger charge is -2.19. The Kier molecular flexibility index (Phi) is 4.41. The Labute approximate surface area is 149 Å². The van der Waals surface area contributed by atoms with Crippen molar-refractivity contribution in [1.29, 1.82) is 0 Å². The smallest absolute Gasteiger partial charge is 0.258 e. The third kappa shape index (κ3) is 3.38. The zero-order valence-electron chi connectivity index (χ0n) is 13.5. The van der Waals surface area contributed by atoms with Gasteiger partial charge in [-0.1, -0.05) is 60.7 Å². The standard InChI is InChI=1S/C20H17N3OS/c24-18-13-17(22-20-23(18)11-12-25-20)14-21-19(15-7-3-1-4-8-15)16-9-5-2-6-10-16/h1-13,19,21H,14H2. The average Bonchev–Trinajstić information content (AvgIpc) is 3.13. The minimum Gasteiger partial charge on any atom is -0.301 e. The lowest BCUT2D eigenvalue weighted by atomic mass is 9.99. The lowest BCUT2D eigenvalue weighted by Crippen LogP contribution is -2.24. The maximum absolute atomic E-state index is 12.1. The van der Waals surface area contributed by atoms with E-state index in [9.17, 15) is 4.79 Å². The zero-order valence-corrected chi connectivity index (χ0v) is 14.3. The Bertz CT molecular complexity index is 985. The van der Waals surface area contributed by atoms with Crippen LogP contribution in [0.5, 0.6) is 0 Å². The van der Waals surface area contributed by atoms with Gasteiger partial charge in [0.1, 0.15) is 0 Å². The number of hydrogen-bond acceptors (Lipinski definition) is 4. The van der Waals surface area contributed by atoms with Gasteiger partial charge >= 0.3 is 0 Å². The molecule has 5 heteroatoms. The Hall–Kier alpha value is -2.76. The summed E-state index contributed by atoms with van der Waals surface area (Å²) in [4.78, 5) is 17.4. The minimum atomic E-state index is -0.0426. The van der Waals surface area contributed by atoms with E-state index in [0.29, 0.717) is 6.54 Å². The summed E-state index contributed by atoms with van der Waals surface area (Å²) in [7, 11) is 0. The molecule has 2 heterocycles. The van der Waals surface area contributed by atoms with E-state index in [0.717, 1.165) is 10.7 Å². The van der Waals surface area contributed by atoms with Gasteiger partial charge in [0, 0.05) is 24.2 Å². The molecule has 0 amide bonds. The molecule has 0 unspecified atom stereocenters. The van der Waals surface area contributed by atoms with E-state index in [-0.39, 0.29) is 11.6 Å². The van der Waals surface area contributed by atoms with E-state index in [1.807, 2.05) is 41.8 Å². The number of aromatic nitrogens is 2. The first-order chi connectivity index (χ1) is 12.3. The molecule has 2 aromatic heterocycles. The second-order valence-electron chi connectivity index (χ2n) is 5.78. The number of benzene rings is 2. The average molecular weight is 347 g/mol. The van der Waals surface area contributed by atoms with Crippen molar-refractivity contribution in [3.63, 3.8) is 0 Å². The highest BCUT2D eigenvalue weighted by Gasteiger charge is 2.14. The zero-order chi connectivity index (χ0) is 17.1. The molecular weight excluding hydrogens is 330 g/mol. The summed E-state index contributed by atoms with van der Waals surface area (Å²) < 4.78 is 1.57. The molecule has 0 fully saturated rings. The minimum absolute atomic E-state index is 0.0426. The molecule has 0 bridgehead atoms. The number of thiazole rings is 1. The van der Waals surface area contributed by atoms with E-state index >= 15 is 0 Å². The molecule has 2 aromatic carbocycles. The monoisotopic (exact) mass is 347 g/mol. The van der Waals surface area contributed by atoms with Gasteiger partial charge in [0.25, 0.3) is 5.56 Å². The van der Waals surface area contributed by atoms with Crippen LogP contribution in [0.15, 0.2) is 83.1 Å². The second kappa shape index (κ2) is 7.01. The number of fused-ring (bicyclic) bond motifs is 1. The van der Waals surface area contributed by atoms with E-state index in [1.165, 1.54) is 22.5 Å². The molecule has 4 rings (SSSR count). The normalized spacial score (nSPS) is 11.2. The molecule has 4 nitrogen and oxygen atoms in total. The van der Waals surface area contributed by atoms with Gasteiger partial charge in [0.2, 0.25) is 0 Å². The summed E-state index contributed by atoms with van der Waals surface area (Å²) in [5.74, 6) is 0. The summed E-state index contributed by atoms with van der Waals surface area (Å²) in [5.41, 5.74) is 3.08. The van der Waals surface area contributed by atoms with Crippen LogP contribution in [0.1, 0.15) is 22.9 Å². The lowest BCUT2D eigenvalue weighted by molar-refractivity contribution is 0.596. The molecule has 0 saturated carbocycles. The first kappa shape index (κ1) is 15.7. The molecule has 124 valence electrons. The van der Waals surface area contributed by atoms with E-state index in [1.54, 1.807) is 16.7 Å². The maximum atomic E-state index is 12.1. The van der Waals surface area contributed by atoms with Crippen LogP contribution >= 0.6 is 11.3 Å². The van der Waals surface area contributed by atoms with E-state index in [4.69, 9.17) is 0 Å². The van der Waals surface area contributed by atoms with Crippen LogP contribution in [0.2, 0.25) is 0 Å². The van der Waals surface area contributed by atoms with Crippen LogP contribution in [0.4, 0.5) is 0 Å². The van der Waals surface area contributed by atoms with Crippen LogP contribution in [0, 0.1) is 0 Å². The van der Waals surface area contributed by atoms with Crippen molar-refractivity contribution in [3.8, 4) is 0 Å². The molecular formula is C20H17N3OS. The van der Waals surface area contributed by atoms with Gasteiger partial charge in [-0.25, -0.2) is 4.98 Å². The highest BCUT2D eigenvalue weighted by atomic mass is 32.1. The Morgan fingerprint density at radius 1 is 1.00 bits per heavy atom. The molecule has 0 aliphatic carbocycles. The summed E-state index contributed by atoms with van der Waals surface area (Å²) in [6.45, 7) is 0.526. The van der Waals surface area contributed by atoms with Gasteiger partial charge in [-0.15, -0.1) is 11.3 Å². The van der Waals surface area contributed by atoms with Crippen molar-refractivity contribution >= 4 is 16.3 Å². The predicted octanol–water partition coefficient (Wildman–Crippen LogP) is 3.64. The van der Waals surface area contributed by atoms with Crippen LogP contribution in [0.3, 0.4) is 0 Å². The van der Waals surface area contributed by atoms with Gasteiger partial charge in [-0.05, 0) is 11.1 Å². The molecule has 0 aliphatic heterocycles. The fourth-order valence-corrected chi connectivity index (χ4v) is 3.64. The first-order valence-corrected chi connectivity index (χ1v) is 8.98. The number of nitrogens with one attached hydrogen (secondary N) is 1. The summed E-state index contributed by atoms with van der Waals surface area (Å²) in [6, 6.07) is 22.2.